The summed E-state index contributed by atoms with van der Waals surface area (Å²) in [6.45, 7) is 2.97. The molecule has 1 aromatic heterocycles. The van der Waals surface area contributed by atoms with Crippen LogP contribution in [0.4, 0.5) is 30.6 Å². The Morgan fingerprint density at radius 2 is 1.60 bits per heavy atom. The van der Waals surface area contributed by atoms with E-state index in [0.717, 1.165) is 45.0 Å². The highest BCUT2D eigenvalue weighted by molar-refractivity contribution is 5.94. The third kappa shape index (κ3) is 7.21. The third-order valence-electron chi connectivity index (χ3n) is 7.64. The highest BCUT2D eigenvalue weighted by atomic mass is 19.4. The van der Waals surface area contributed by atoms with Gasteiger partial charge in [0, 0.05) is 61.6 Å². The SMILES string of the molecule is C.CN1CCN(C(=O)c2ccc(Nc3ncc(C(F)(F)F)c(N[C@@H]4CCCC[C@@H]4NC(=O)C4CC4)n3)cc2)CC1. The average molecular weight is 562 g/mol. The number of halogens is 3. The molecule has 12 heteroatoms. The molecule has 1 aliphatic heterocycles. The molecule has 0 radical (unpaired) electrons. The number of piperazine rings is 1. The fourth-order valence-corrected chi connectivity index (χ4v) is 5.07. The molecule has 218 valence electrons. The van der Waals surface area contributed by atoms with Crippen molar-refractivity contribution in [2.45, 2.75) is 64.2 Å². The van der Waals surface area contributed by atoms with Crippen molar-refractivity contribution >= 4 is 29.3 Å². The van der Waals surface area contributed by atoms with Gasteiger partial charge in [0.1, 0.15) is 11.4 Å². The summed E-state index contributed by atoms with van der Waals surface area (Å²) in [7, 11) is 2.02. The number of aromatic nitrogens is 2. The number of hydrogen-bond donors (Lipinski definition) is 3. The van der Waals surface area contributed by atoms with Crippen LogP contribution in [0, 0.1) is 5.92 Å². The van der Waals surface area contributed by atoms with Crippen molar-refractivity contribution in [1.82, 2.24) is 25.1 Å². The maximum atomic E-state index is 13.8. The number of likely N-dealkylation sites (N-methyl/N-ethyl adjacent to an activating group) is 1. The molecule has 5 rings (SSSR count). The molecule has 3 aliphatic rings. The van der Waals surface area contributed by atoms with Crippen LogP contribution in [-0.4, -0.2) is 76.9 Å². The number of amides is 2. The molecule has 2 atom stereocenters. The Labute approximate surface area is 232 Å². The number of anilines is 3. The highest BCUT2D eigenvalue weighted by Crippen LogP contribution is 2.36. The van der Waals surface area contributed by atoms with Gasteiger partial charge in [-0.15, -0.1) is 0 Å². The van der Waals surface area contributed by atoms with Gasteiger partial charge in [0.05, 0.1) is 0 Å². The van der Waals surface area contributed by atoms with E-state index in [1.165, 1.54) is 0 Å². The molecular weight excluding hydrogens is 523 g/mol. The fourth-order valence-electron chi connectivity index (χ4n) is 5.07. The van der Waals surface area contributed by atoms with E-state index in [9.17, 15) is 22.8 Å². The number of nitrogens with one attached hydrogen (secondary N) is 3. The van der Waals surface area contributed by atoms with E-state index in [2.05, 4.69) is 30.8 Å². The predicted octanol–water partition coefficient (Wildman–Crippen LogP) is 4.51. The minimum absolute atomic E-state index is 0. The van der Waals surface area contributed by atoms with E-state index >= 15 is 0 Å². The Hall–Kier alpha value is -3.41. The van der Waals surface area contributed by atoms with Crippen LogP contribution in [0.1, 0.15) is 61.9 Å². The van der Waals surface area contributed by atoms with Gasteiger partial charge in [-0.1, -0.05) is 20.3 Å². The van der Waals surface area contributed by atoms with Crippen LogP contribution in [0.3, 0.4) is 0 Å². The molecule has 0 bridgehead atoms. The average Bonchev–Trinajstić information content (AvgIpc) is 3.76. The van der Waals surface area contributed by atoms with Crippen molar-refractivity contribution in [3.05, 3.63) is 41.6 Å². The maximum absolute atomic E-state index is 13.8. The molecule has 2 saturated carbocycles. The minimum Gasteiger partial charge on any atom is -0.365 e. The van der Waals surface area contributed by atoms with Gasteiger partial charge in [-0.3, -0.25) is 9.59 Å². The van der Waals surface area contributed by atoms with Gasteiger partial charge < -0.3 is 25.8 Å². The van der Waals surface area contributed by atoms with E-state index in [1.54, 1.807) is 24.3 Å². The van der Waals surface area contributed by atoms with Crippen LogP contribution in [0.5, 0.6) is 0 Å². The quantitative estimate of drug-likeness (QED) is 0.457. The van der Waals surface area contributed by atoms with Crippen molar-refractivity contribution < 1.29 is 22.8 Å². The third-order valence-corrected chi connectivity index (χ3v) is 7.64. The Kier molecular flexibility index (Phi) is 9.17. The van der Waals surface area contributed by atoms with Gasteiger partial charge >= 0.3 is 6.18 Å². The van der Waals surface area contributed by atoms with Gasteiger partial charge in [0.25, 0.3) is 5.91 Å². The van der Waals surface area contributed by atoms with Crippen LogP contribution in [-0.2, 0) is 11.0 Å². The Balaban J connectivity index is 0.00000370. The molecular formula is C28H38F3N7O2. The Morgan fingerprint density at radius 1 is 0.950 bits per heavy atom. The summed E-state index contributed by atoms with van der Waals surface area (Å²) < 4.78 is 41.5. The zero-order valence-corrected chi connectivity index (χ0v) is 21.9. The molecule has 2 aromatic rings. The summed E-state index contributed by atoms with van der Waals surface area (Å²) in [5.41, 5.74) is 0.124. The van der Waals surface area contributed by atoms with E-state index in [1.807, 2.05) is 11.9 Å². The molecule has 3 fully saturated rings. The first-order chi connectivity index (χ1) is 18.7. The van der Waals surface area contributed by atoms with Crippen molar-refractivity contribution in [2.75, 3.05) is 43.9 Å². The summed E-state index contributed by atoms with van der Waals surface area (Å²) in [6, 6.07) is 6.10. The number of benzene rings is 1. The smallest absolute Gasteiger partial charge is 0.365 e. The largest absolute Gasteiger partial charge is 0.421 e. The topological polar surface area (TPSA) is 102 Å². The van der Waals surface area contributed by atoms with E-state index in [-0.39, 0.29) is 49.0 Å². The summed E-state index contributed by atoms with van der Waals surface area (Å²) in [6.07, 6.45) is 0.933. The van der Waals surface area contributed by atoms with Gasteiger partial charge in [-0.05, 0) is 57.0 Å². The van der Waals surface area contributed by atoms with Gasteiger partial charge in [0.2, 0.25) is 11.9 Å². The van der Waals surface area contributed by atoms with Gasteiger partial charge in [-0.2, -0.15) is 18.2 Å². The van der Waals surface area contributed by atoms with Crippen LogP contribution in [0.15, 0.2) is 30.5 Å². The van der Waals surface area contributed by atoms with Crippen LogP contribution < -0.4 is 16.0 Å². The number of carbonyl (C=O) groups is 2. The van der Waals surface area contributed by atoms with Crippen LogP contribution >= 0.6 is 0 Å². The lowest BCUT2D eigenvalue weighted by Crippen LogP contribution is -2.49. The number of hydrogen-bond acceptors (Lipinski definition) is 7. The second-order valence-corrected chi connectivity index (χ2v) is 10.7. The highest BCUT2D eigenvalue weighted by Gasteiger charge is 2.38. The van der Waals surface area contributed by atoms with Crippen molar-refractivity contribution in [2.24, 2.45) is 5.92 Å². The Bertz CT molecular complexity index is 1180. The lowest BCUT2D eigenvalue weighted by molar-refractivity contribution is -0.137. The predicted molar refractivity (Wildman–Crippen MR) is 147 cm³/mol. The first-order valence-corrected chi connectivity index (χ1v) is 13.5. The maximum Gasteiger partial charge on any atom is 0.421 e. The molecule has 9 nitrogen and oxygen atoms in total. The summed E-state index contributed by atoms with van der Waals surface area (Å²) in [5.74, 6) is -0.374. The lowest BCUT2D eigenvalue weighted by Gasteiger charge is -2.33. The van der Waals surface area contributed by atoms with E-state index < -0.39 is 11.7 Å². The second kappa shape index (κ2) is 12.4. The standard InChI is InChI=1S/C27H34F3N7O2.CH4/c1-36-12-14-37(15-13-36)25(39)18-8-10-19(11-9-18)32-26-31-16-20(27(28,29)30)23(35-26)33-21-4-2-3-5-22(21)34-24(38)17-6-7-17;/h8-11,16-17,21-22H,2-7,12-15H2,1H3,(H,34,38)(H2,31,32,33,35);1H4/t21-,22+;/m1./s1. The summed E-state index contributed by atoms with van der Waals surface area (Å²) >= 11 is 0. The van der Waals surface area contributed by atoms with Crippen LogP contribution in [0.2, 0.25) is 0 Å². The fraction of sp³-hybridized carbons (Fsp3) is 0.571. The number of alkyl halides is 3. The van der Waals surface area contributed by atoms with E-state index in [0.29, 0.717) is 37.2 Å². The zero-order valence-electron chi connectivity index (χ0n) is 21.9. The second-order valence-electron chi connectivity index (χ2n) is 10.7. The van der Waals surface area contributed by atoms with Crippen molar-refractivity contribution in [1.29, 1.82) is 0 Å². The van der Waals surface area contributed by atoms with Crippen molar-refractivity contribution in [3.63, 3.8) is 0 Å². The monoisotopic (exact) mass is 561 g/mol. The number of nitrogens with zero attached hydrogens (tertiary/aromatic N) is 4. The first-order valence-electron chi connectivity index (χ1n) is 13.5. The molecule has 2 aliphatic carbocycles. The molecule has 40 heavy (non-hydrogen) atoms. The molecule has 3 N–H and O–H groups in total. The number of carbonyl (C=O) groups excluding carboxylic acids is 2. The lowest BCUT2D eigenvalue weighted by atomic mass is 9.90. The minimum atomic E-state index is -4.65. The number of rotatable bonds is 7. The molecule has 2 amide bonds. The summed E-state index contributed by atoms with van der Waals surface area (Å²) in [5, 5.41) is 8.96. The van der Waals surface area contributed by atoms with E-state index in [4.69, 9.17) is 0 Å². The van der Waals surface area contributed by atoms with Crippen LogP contribution in [0.25, 0.3) is 0 Å². The molecule has 1 saturated heterocycles. The molecule has 0 spiro atoms. The van der Waals surface area contributed by atoms with Gasteiger partial charge in [-0.25, -0.2) is 4.98 Å². The van der Waals surface area contributed by atoms with Gasteiger partial charge in [0.15, 0.2) is 0 Å². The molecule has 2 heterocycles. The molecule has 1 aromatic carbocycles. The normalized spacial score (nSPS) is 21.8. The zero-order chi connectivity index (χ0) is 27.6. The molecule has 0 unspecified atom stereocenters. The summed E-state index contributed by atoms with van der Waals surface area (Å²) in [4.78, 5) is 37.2. The first kappa shape index (κ1) is 29.6. The van der Waals surface area contributed by atoms with Crippen molar-refractivity contribution in [3.8, 4) is 0 Å². The Morgan fingerprint density at radius 3 is 2.23 bits per heavy atom.